The summed E-state index contributed by atoms with van der Waals surface area (Å²) in [6.45, 7) is 0. The highest BCUT2D eigenvalue weighted by Crippen LogP contribution is 2.41. The number of furan rings is 2. The van der Waals surface area contributed by atoms with E-state index < -0.39 is 0 Å². The van der Waals surface area contributed by atoms with Gasteiger partial charge in [0.25, 0.3) is 0 Å². The standard InChI is InChI=1S/C40H22N4O2/c41-23-24-16-18-26(19-17-24)39-42-38(25-8-2-1-3-9-25)43-40(44-39)32-13-6-12-31-36-28(11-7-15-34(36)46-37(31)32)27-20-21-30-29-10-4-5-14-33(29)45-35(30)22-27/h1-22H. The van der Waals surface area contributed by atoms with E-state index in [1.165, 1.54) is 0 Å². The minimum Gasteiger partial charge on any atom is -0.456 e. The topological polar surface area (TPSA) is 88.7 Å². The first-order chi connectivity index (χ1) is 22.7. The van der Waals surface area contributed by atoms with Gasteiger partial charge in [0.15, 0.2) is 17.5 Å². The van der Waals surface area contributed by atoms with Gasteiger partial charge in [-0.1, -0.05) is 78.9 Å². The summed E-state index contributed by atoms with van der Waals surface area (Å²) in [5, 5.41) is 13.5. The van der Waals surface area contributed by atoms with Crippen LogP contribution in [-0.4, -0.2) is 15.0 Å². The van der Waals surface area contributed by atoms with Gasteiger partial charge in [-0.25, -0.2) is 15.0 Å². The largest absolute Gasteiger partial charge is 0.456 e. The molecule has 0 atom stereocenters. The number of aromatic nitrogens is 3. The second-order valence-corrected chi connectivity index (χ2v) is 11.1. The highest BCUT2D eigenvalue weighted by atomic mass is 16.3. The Bertz CT molecular complexity index is 2650. The van der Waals surface area contributed by atoms with Gasteiger partial charge in [-0.15, -0.1) is 0 Å². The van der Waals surface area contributed by atoms with E-state index in [9.17, 15) is 5.26 Å². The van der Waals surface area contributed by atoms with Crippen LogP contribution in [0.25, 0.3) is 89.2 Å². The first-order valence-electron chi connectivity index (χ1n) is 14.9. The Hall–Kier alpha value is -6.58. The molecule has 0 saturated heterocycles. The van der Waals surface area contributed by atoms with Crippen molar-refractivity contribution in [1.29, 1.82) is 5.26 Å². The van der Waals surface area contributed by atoms with Crippen molar-refractivity contribution in [2.75, 3.05) is 0 Å². The normalized spacial score (nSPS) is 11.5. The van der Waals surface area contributed by atoms with Gasteiger partial charge in [0.05, 0.1) is 17.2 Å². The lowest BCUT2D eigenvalue weighted by atomic mass is 9.97. The maximum Gasteiger partial charge on any atom is 0.167 e. The highest BCUT2D eigenvalue weighted by Gasteiger charge is 2.20. The predicted octanol–water partition coefficient (Wildman–Crippen LogP) is 10.2. The molecule has 6 aromatic carbocycles. The molecule has 3 aromatic heterocycles. The Balaban J connectivity index is 1.24. The Morgan fingerprint density at radius 2 is 1.09 bits per heavy atom. The fourth-order valence-electron chi connectivity index (χ4n) is 6.19. The average molecular weight is 591 g/mol. The van der Waals surface area contributed by atoms with E-state index in [4.69, 9.17) is 23.8 Å². The van der Waals surface area contributed by atoms with Crippen molar-refractivity contribution in [3.8, 4) is 51.4 Å². The number of nitrogens with zero attached hydrogens (tertiary/aromatic N) is 4. The van der Waals surface area contributed by atoms with E-state index in [0.717, 1.165) is 66.1 Å². The number of rotatable bonds is 4. The zero-order valence-corrected chi connectivity index (χ0v) is 24.3. The van der Waals surface area contributed by atoms with Gasteiger partial charge in [-0.3, -0.25) is 0 Å². The van der Waals surface area contributed by atoms with Crippen molar-refractivity contribution in [3.63, 3.8) is 0 Å². The van der Waals surface area contributed by atoms with Gasteiger partial charge in [0.1, 0.15) is 22.3 Å². The summed E-state index contributed by atoms with van der Waals surface area (Å²) in [6, 6.07) is 46.0. The third kappa shape index (κ3) is 4.15. The molecule has 0 N–H and O–H groups in total. The molecule has 0 radical (unpaired) electrons. The van der Waals surface area contributed by atoms with Gasteiger partial charge >= 0.3 is 0 Å². The second kappa shape index (κ2) is 10.3. The van der Waals surface area contributed by atoms with Crippen LogP contribution in [0.15, 0.2) is 142 Å². The third-order valence-corrected chi connectivity index (χ3v) is 8.39. The lowest BCUT2D eigenvalue weighted by Crippen LogP contribution is -2.00. The van der Waals surface area contributed by atoms with Crippen LogP contribution in [-0.2, 0) is 0 Å². The molecule has 0 fully saturated rings. The maximum atomic E-state index is 9.31. The number of hydrogen-bond donors (Lipinski definition) is 0. The van der Waals surface area contributed by atoms with Crippen LogP contribution in [0, 0.1) is 11.3 Å². The zero-order chi connectivity index (χ0) is 30.6. The van der Waals surface area contributed by atoms with E-state index in [2.05, 4.69) is 42.5 Å². The van der Waals surface area contributed by atoms with Crippen LogP contribution in [0.1, 0.15) is 5.56 Å². The average Bonchev–Trinajstić information content (AvgIpc) is 3.70. The highest BCUT2D eigenvalue weighted by molar-refractivity contribution is 6.16. The Labute approximate surface area is 262 Å². The van der Waals surface area contributed by atoms with Crippen molar-refractivity contribution in [2.45, 2.75) is 0 Å². The fraction of sp³-hybridized carbons (Fsp3) is 0. The minimum absolute atomic E-state index is 0.503. The second-order valence-electron chi connectivity index (χ2n) is 11.1. The first-order valence-corrected chi connectivity index (χ1v) is 14.9. The van der Waals surface area contributed by atoms with E-state index in [1.807, 2.05) is 84.9 Å². The van der Waals surface area contributed by atoms with Gasteiger partial charge in [-0.05, 0) is 65.7 Å². The molecular weight excluding hydrogens is 568 g/mol. The molecule has 0 amide bonds. The summed E-state index contributed by atoms with van der Waals surface area (Å²) in [5.41, 5.74) is 8.29. The summed E-state index contributed by atoms with van der Waals surface area (Å²) >= 11 is 0. The first kappa shape index (κ1) is 25.9. The van der Waals surface area contributed by atoms with Gasteiger partial charge < -0.3 is 8.83 Å². The van der Waals surface area contributed by atoms with Crippen LogP contribution in [0.5, 0.6) is 0 Å². The van der Waals surface area contributed by atoms with Gasteiger partial charge in [-0.2, -0.15) is 5.26 Å². The lowest BCUT2D eigenvalue weighted by Gasteiger charge is -2.09. The van der Waals surface area contributed by atoms with Crippen LogP contribution in [0.3, 0.4) is 0 Å². The molecular formula is C40H22N4O2. The van der Waals surface area contributed by atoms with Crippen LogP contribution >= 0.6 is 0 Å². The van der Waals surface area contributed by atoms with E-state index in [-0.39, 0.29) is 0 Å². The molecule has 0 spiro atoms. The van der Waals surface area contributed by atoms with Gasteiger partial charge in [0, 0.05) is 32.7 Å². The van der Waals surface area contributed by atoms with Crippen molar-refractivity contribution < 1.29 is 8.83 Å². The SMILES string of the molecule is N#Cc1ccc(-c2nc(-c3ccccc3)nc(-c3cccc4c3oc3cccc(-c5ccc6c(c5)oc5ccccc56)c34)n2)cc1. The third-order valence-electron chi connectivity index (χ3n) is 8.39. The molecule has 9 rings (SSSR count). The summed E-state index contributed by atoms with van der Waals surface area (Å²) < 4.78 is 12.8. The van der Waals surface area contributed by atoms with Crippen molar-refractivity contribution in [3.05, 3.63) is 139 Å². The smallest absolute Gasteiger partial charge is 0.167 e. The van der Waals surface area contributed by atoms with E-state index >= 15 is 0 Å². The molecule has 6 nitrogen and oxygen atoms in total. The Morgan fingerprint density at radius 3 is 1.91 bits per heavy atom. The number of hydrogen-bond acceptors (Lipinski definition) is 6. The molecule has 0 aliphatic rings. The number of benzene rings is 6. The predicted molar refractivity (Wildman–Crippen MR) is 181 cm³/mol. The van der Waals surface area contributed by atoms with Crippen LogP contribution < -0.4 is 0 Å². The molecule has 0 aliphatic carbocycles. The van der Waals surface area contributed by atoms with Crippen molar-refractivity contribution in [2.24, 2.45) is 0 Å². The van der Waals surface area contributed by atoms with Crippen molar-refractivity contribution in [1.82, 2.24) is 15.0 Å². The number of fused-ring (bicyclic) bond motifs is 6. The number of nitriles is 1. The maximum absolute atomic E-state index is 9.31. The van der Waals surface area contributed by atoms with Crippen LogP contribution in [0.4, 0.5) is 0 Å². The fourth-order valence-corrected chi connectivity index (χ4v) is 6.19. The molecule has 0 unspecified atom stereocenters. The summed E-state index contributed by atoms with van der Waals surface area (Å²) in [6.07, 6.45) is 0. The minimum atomic E-state index is 0.503. The quantitative estimate of drug-likeness (QED) is 0.203. The molecule has 0 bridgehead atoms. The summed E-state index contributed by atoms with van der Waals surface area (Å²) in [7, 11) is 0. The molecule has 214 valence electrons. The molecule has 0 aliphatic heterocycles. The van der Waals surface area contributed by atoms with Crippen LogP contribution in [0.2, 0.25) is 0 Å². The molecule has 46 heavy (non-hydrogen) atoms. The molecule has 9 aromatic rings. The zero-order valence-electron chi connectivity index (χ0n) is 24.3. The Kier molecular flexibility index (Phi) is 5.77. The molecule has 3 heterocycles. The summed E-state index contributed by atoms with van der Waals surface area (Å²) in [4.78, 5) is 14.7. The van der Waals surface area contributed by atoms with E-state index in [1.54, 1.807) is 12.1 Å². The van der Waals surface area contributed by atoms with Crippen molar-refractivity contribution >= 4 is 43.9 Å². The monoisotopic (exact) mass is 590 g/mol. The summed E-state index contributed by atoms with van der Waals surface area (Å²) in [5.74, 6) is 1.57. The Morgan fingerprint density at radius 1 is 0.457 bits per heavy atom. The molecule has 0 saturated carbocycles. The van der Waals surface area contributed by atoms with Gasteiger partial charge in [0.2, 0.25) is 0 Å². The number of para-hydroxylation sites is 2. The lowest BCUT2D eigenvalue weighted by molar-refractivity contribution is 0.668. The molecule has 6 heteroatoms. The van der Waals surface area contributed by atoms with E-state index in [0.29, 0.717) is 28.6 Å².